The van der Waals surface area contributed by atoms with Crippen molar-refractivity contribution in [3.8, 4) is 17.0 Å². The first-order valence-electron chi connectivity index (χ1n) is 4.77. The minimum atomic E-state index is -1.11. The Morgan fingerprint density at radius 3 is 2.75 bits per heavy atom. The van der Waals surface area contributed by atoms with Gasteiger partial charge in [0.1, 0.15) is 17.6 Å². The molecule has 0 aliphatic carbocycles. The highest BCUT2D eigenvalue weighted by molar-refractivity contribution is 5.68. The third-order valence-electron chi connectivity index (χ3n) is 2.28. The Bertz CT molecular complexity index is 508. The van der Waals surface area contributed by atoms with Crippen molar-refractivity contribution in [3.05, 3.63) is 29.8 Å². The highest BCUT2D eigenvalue weighted by atomic mass is 19.1. The lowest BCUT2D eigenvalue weighted by molar-refractivity contribution is 0.373. The number of aromatic nitrogens is 1. The molecule has 4 nitrogen and oxygen atoms in total. The first-order valence-corrected chi connectivity index (χ1v) is 4.77. The van der Waals surface area contributed by atoms with Gasteiger partial charge < -0.3 is 15.4 Å². The average molecular weight is 222 g/mol. The Kier molecular flexibility index (Phi) is 2.52. The van der Waals surface area contributed by atoms with Crippen LogP contribution in [-0.2, 0) is 0 Å². The van der Waals surface area contributed by atoms with Gasteiger partial charge in [0.25, 0.3) is 0 Å². The summed E-state index contributed by atoms with van der Waals surface area (Å²) in [7, 11) is 0. The van der Waals surface area contributed by atoms with E-state index in [4.69, 9.17) is 10.3 Å². The normalized spacial score (nSPS) is 12.6. The van der Waals surface area contributed by atoms with Crippen molar-refractivity contribution in [2.45, 2.75) is 13.1 Å². The van der Waals surface area contributed by atoms with Crippen LogP contribution in [0.3, 0.4) is 0 Å². The number of aromatic hydroxyl groups is 1. The summed E-state index contributed by atoms with van der Waals surface area (Å²) >= 11 is 0. The van der Waals surface area contributed by atoms with Crippen molar-refractivity contribution in [3.63, 3.8) is 0 Å². The quantitative estimate of drug-likeness (QED) is 0.819. The van der Waals surface area contributed by atoms with Crippen LogP contribution in [0.1, 0.15) is 18.7 Å². The number of nitrogen functional groups attached to an aromatic ring is 1. The summed E-state index contributed by atoms with van der Waals surface area (Å²) in [6, 6.07) is 5.94. The second-order valence-electron chi connectivity index (χ2n) is 3.51. The molecule has 0 bridgehead atoms. The maximum absolute atomic E-state index is 13.1. The zero-order chi connectivity index (χ0) is 11.7. The van der Waals surface area contributed by atoms with E-state index >= 15 is 0 Å². The zero-order valence-corrected chi connectivity index (χ0v) is 8.64. The van der Waals surface area contributed by atoms with Gasteiger partial charge in [0.15, 0.2) is 0 Å². The van der Waals surface area contributed by atoms with Crippen molar-refractivity contribution >= 4 is 5.88 Å². The summed E-state index contributed by atoms with van der Waals surface area (Å²) in [6.07, 6.45) is -1.11. The smallest absolute Gasteiger partial charge is 0.222 e. The number of rotatable bonds is 2. The molecule has 1 heterocycles. The lowest BCUT2D eigenvalue weighted by atomic mass is 10.0. The molecule has 5 heteroatoms. The van der Waals surface area contributed by atoms with Crippen molar-refractivity contribution in [1.29, 1.82) is 0 Å². The number of hydrogen-bond acceptors (Lipinski definition) is 4. The monoisotopic (exact) mass is 222 g/mol. The molecule has 3 N–H and O–H groups in total. The van der Waals surface area contributed by atoms with Crippen LogP contribution in [0.2, 0.25) is 0 Å². The molecule has 0 saturated carbocycles. The summed E-state index contributed by atoms with van der Waals surface area (Å²) < 4.78 is 17.8. The van der Waals surface area contributed by atoms with Crippen LogP contribution in [0.25, 0.3) is 11.3 Å². The number of alkyl halides is 1. The largest absolute Gasteiger partial charge is 0.507 e. The Hall–Kier alpha value is -2.04. The molecular weight excluding hydrogens is 211 g/mol. The lowest BCUT2D eigenvalue weighted by Crippen LogP contribution is -1.87. The third-order valence-corrected chi connectivity index (χ3v) is 2.28. The molecule has 1 atom stereocenters. The van der Waals surface area contributed by atoms with Gasteiger partial charge in [-0.2, -0.15) is 0 Å². The minimum Gasteiger partial charge on any atom is -0.507 e. The van der Waals surface area contributed by atoms with Crippen molar-refractivity contribution in [2.75, 3.05) is 5.73 Å². The van der Waals surface area contributed by atoms with E-state index in [1.165, 1.54) is 31.2 Å². The first-order chi connectivity index (χ1) is 7.58. The average Bonchev–Trinajstić information content (AvgIpc) is 2.65. The van der Waals surface area contributed by atoms with Gasteiger partial charge in [0.2, 0.25) is 5.88 Å². The number of phenols is 1. The van der Waals surface area contributed by atoms with Crippen LogP contribution < -0.4 is 5.73 Å². The predicted molar refractivity (Wildman–Crippen MR) is 57.5 cm³/mol. The molecule has 1 unspecified atom stereocenters. The minimum absolute atomic E-state index is 0.0118. The van der Waals surface area contributed by atoms with Gasteiger partial charge in [0.05, 0.1) is 0 Å². The number of anilines is 1. The Morgan fingerprint density at radius 1 is 1.44 bits per heavy atom. The molecule has 1 aromatic heterocycles. The van der Waals surface area contributed by atoms with Gasteiger partial charge >= 0.3 is 0 Å². The number of benzene rings is 1. The van der Waals surface area contributed by atoms with Crippen LogP contribution in [0.15, 0.2) is 28.8 Å². The van der Waals surface area contributed by atoms with Crippen LogP contribution in [0, 0.1) is 0 Å². The van der Waals surface area contributed by atoms with Crippen LogP contribution in [-0.4, -0.2) is 10.3 Å². The number of hydrogen-bond donors (Lipinski definition) is 2. The van der Waals surface area contributed by atoms with E-state index < -0.39 is 6.17 Å². The van der Waals surface area contributed by atoms with Crippen LogP contribution >= 0.6 is 0 Å². The Balaban J connectivity index is 2.51. The number of nitrogens with two attached hydrogens (primary N) is 1. The molecule has 0 saturated heterocycles. The van der Waals surface area contributed by atoms with Crippen LogP contribution in [0.5, 0.6) is 5.75 Å². The lowest BCUT2D eigenvalue weighted by Gasteiger charge is -2.05. The topological polar surface area (TPSA) is 72.3 Å². The molecule has 0 spiro atoms. The summed E-state index contributed by atoms with van der Waals surface area (Å²) in [5.74, 6) is 0.158. The number of nitrogens with zero attached hydrogens (tertiary/aromatic N) is 1. The summed E-state index contributed by atoms with van der Waals surface area (Å²) in [5.41, 5.74) is 6.64. The molecule has 0 fully saturated rings. The fourth-order valence-electron chi connectivity index (χ4n) is 1.42. The highest BCUT2D eigenvalue weighted by Crippen LogP contribution is 2.32. The molecule has 0 aliphatic heterocycles. The van der Waals surface area contributed by atoms with Crippen molar-refractivity contribution in [1.82, 2.24) is 5.16 Å². The second kappa shape index (κ2) is 3.84. The van der Waals surface area contributed by atoms with Crippen molar-refractivity contribution in [2.24, 2.45) is 0 Å². The van der Waals surface area contributed by atoms with E-state index in [-0.39, 0.29) is 11.6 Å². The van der Waals surface area contributed by atoms with E-state index in [0.717, 1.165) is 0 Å². The van der Waals surface area contributed by atoms with E-state index in [2.05, 4.69) is 5.16 Å². The summed E-state index contributed by atoms with van der Waals surface area (Å²) in [6.45, 7) is 1.42. The Labute approximate surface area is 91.5 Å². The maximum atomic E-state index is 13.1. The van der Waals surface area contributed by atoms with E-state index in [9.17, 15) is 9.50 Å². The Morgan fingerprint density at radius 2 is 2.19 bits per heavy atom. The summed E-state index contributed by atoms with van der Waals surface area (Å²) in [5, 5.41) is 13.3. The SMILES string of the molecule is CC(F)c1ccc(O)c(-c2cc(N)on2)c1. The number of halogens is 1. The van der Waals surface area contributed by atoms with E-state index in [1.54, 1.807) is 0 Å². The first kappa shape index (κ1) is 10.5. The zero-order valence-electron chi connectivity index (χ0n) is 8.64. The second-order valence-corrected chi connectivity index (χ2v) is 3.51. The van der Waals surface area contributed by atoms with Gasteiger partial charge in [-0.25, -0.2) is 4.39 Å². The molecule has 84 valence electrons. The molecule has 0 radical (unpaired) electrons. The van der Waals surface area contributed by atoms with Crippen molar-refractivity contribution < 1.29 is 14.0 Å². The van der Waals surface area contributed by atoms with E-state index in [0.29, 0.717) is 16.8 Å². The molecule has 2 aromatic rings. The number of phenolic OH excluding ortho intramolecular Hbond substituents is 1. The highest BCUT2D eigenvalue weighted by Gasteiger charge is 2.12. The fourth-order valence-corrected chi connectivity index (χ4v) is 1.42. The predicted octanol–water partition coefficient (Wildman–Crippen LogP) is 2.66. The van der Waals surface area contributed by atoms with Gasteiger partial charge in [0, 0.05) is 11.6 Å². The third kappa shape index (κ3) is 1.84. The van der Waals surface area contributed by atoms with Gasteiger partial charge in [-0.05, 0) is 24.6 Å². The standard InChI is InChI=1S/C11H11FN2O2/c1-6(12)7-2-3-10(15)8(4-7)9-5-11(13)16-14-9/h2-6,15H,13H2,1H3. The maximum Gasteiger partial charge on any atom is 0.222 e. The van der Waals surface area contributed by atoms with Gasteiger partial charge in [-0.15, -0.1) is 0 Å². The van der Waals surface area contributed by atoms with E-state index in [1.807, 2.05) is 0 Å². The molecule has 0 amide bonds. The van der Waals surface area contributed by atoms with Gasteiger partial charge in [-0.1, -0.05) is 11.2 Å². The molecule has 0 aliphatic rings. The molecule has 16 heavy (non-hydrogen) atoms. The molecule has 1 aromatic carbocycles. The summed E-state index contributed by atoms with van der Waals surface area (Å²) in [4.78, 5) is 0. The molecular formula is C11H11FN2O2. The fraction of sp³-hybridized carbons (Fsp3) is 0.182. The molecule has 2 rings (SSSR count). The van der Waals surface area contributed by atoms with Crippen LogP contribution in [0.4, 0.5) is 10.3 Å². The van der Waals surface area contributed by atoms with Gasteiger partial charge in [-0.3, -0.25) is 0 Å².